The van der Waals surface area contributed by atoms with Gasteiger partial charge in [0.15, 0.2) is 0 Å². The number of allylic oxidation sites excluding steroid dienone is 2. The van der Waals surface area contributed by atoms with Crippen LogP contribution in [0.15, 0.2) is 22.8 Å². The molecule has 1 aliphatic carbocycles. The minimum Gasteiger partial charge on any atom is -0.545 e. The van der Waals surface area contributed by atoms with Gasteiger partial charge >= 0.3 is 5.97 Å². The third-order valence-corrected chi connectivity index (χ3v) is 2.30. The molecule has 0 aromatic rings. The number of ether oxygens (including phenoxy) is 1. The van der Waals surface area contributed by atoms with Crippen LogP contribution in [-0.4, -0.2) is 18.5 Å². The molecule has 0 spiro atoms. The number of carboxylic acid groups (broad SMARTS) is 1. The van der Waals surface area contributed by atoms with E-state index in [9.17, 15) is 14.7 Å². The van der Waals surface area contributed by atoms with E-state index in [2.05, 4.69) is 0 Å². The molecular weight excluding hydrogens is 196 g/mol. The number of carbonyl (C=O) groups excluding carboxylic acids is 2. The first-order valence-corrected chi connectivity index (χ1v) is 4.85. The molecule has 0 radical (unpaired) electrons. The van der Waals surface area contributed by atoms with Gasteiger partial charge in [-0.25, -0.2) is 4.79 Å². The largest absolute Gasteiger partial charge is 0.545 e. The molecule has 0 aliphatic heterocycles. The van der Waals surface area contributed by atoms with Crippen LogP contribution in [0.1, 0.15) is 26.7 Å². The van der Waals surface area contributed by atoms with Crippen molar-refractivity contribution in [2.45, 2.75) is 26.7 Å². The molecule has 0 saturated heterocycles. The summed E-state index contributed by atoms with van der Waals surface area (Å²) in [4.78, 5) is 22.0. The van der Waals surface area contributed by atoms with E-state index < -0.39 is 5.97 Å². The standard InChI is InChI=1S/C11H14O4/c1-3-15-11(14)9-5-4-8(10(12)13)6-7(9)2/h6H,3-5H2,1-2H3,(H,12,13)/p-1. The summed E-state index contributed by atoms with van der Waals surface area (Å²) in [6.07, 6.45) is 2.21. The quantitative estimate of drug-likeness (QED) is 0.628. The Labute approximate surface area is 88.2 Å². The van der Waals surface area contributed by atoms with E-state index in [1.807, 2.05) is 0 Å². The normalized spacial score (nSPS) is 16.0. The Kier molecular flexibility index (Phi) is 3.66. The molecule has 0 fully saturated rings. The minimum absolute atomic E-state index is 0.237. The topological polar surface area (TPSA) is 66.4 Å². The fourth-order valence-electron chi connectivity index (χ4n) is 1.52. The predicted molar refractivity (Wildman–Crippen MR) is 51.7 cm³/mol. The van der Waals surface area contributed by atoms with Crippen LogP contribution in [-0.2, 0) is 14.3 Å². The third-order valence-electron chi connectivity index (χ3n) is 2.30. The van der Waals surface area contributed by atoms with E-state index in [0.717, 1.165) is 0 Å². The number of carboxylic acids is 1. The molecule has 1 rings (SSSR count). The number of aliphatic carboxylic acids is 1. The lowest BCUT2D eigenvalue weighted by molar-refractivity contribution is -0.299. The molecule has 0 aromatic heterocycles. The second kappa shape index (κ2) is 4.77. The molecule has 4 nitrogen and oxygen atoms in total. The fourth-order valence-corrected chi connectivity index (χ4v) is 1.52. The van der Waals surface area contributed by atoms with E-state index in [1.54, 1.807) is 13.8 Å². The second-order valence-corrected chi connectivity index (χ2v) is 3.34. The van der Waals surface area contributed by atoms with E-state index in [1.165, 1.54) is 6.08 Å². The number of carbonyl (C=O) groups is 2. The van der Waals surface area contributed by atoms with Crippen LogP contribution in [0, 0.1) is 0 Å². The van der Waals surface area contributed by atoms with Crippen molar-refractivity contribution in [1.82, 2.24) is 0 Å². The summed E-state index contributed by atoms with van der Waals surface area (Å²) in [5, 5.41) is 10.6. The Morgan fingerprint density at radius 2 is 2.13 bits per heavy atom. The summed E-state index contributed by atoms with van der Waals surface area (Å²) in [6, 6.07) is 0. The van der Waals surface area contributed by atoms with Gasteiger partial charge < -0.3 is 14.6 Å². The highest BCUT2D eigenvalue weighted by atomic mass is 16.5. The lowest BCUT2D eigenvalue weighted by Crippen LogP contribution is -2.26. The maximum Gasteiger partial charge on any atom is 0.334 e. The average molecular weight is 209 g/mol. The number of rotatable bonds is 3. The predicted octanol–water partition coefficient (Wildman–Crippen LogP) is 0.336. The van der Waals surface area contributed by atoms with Crippen molar-refractivity contribution < 1.29 is 19.4 Å². The number of esters is 1. The molecule has 4 heteroatoms. The Balaban J connectivity index is 2.88. The van der Waals surface area contributed by atoms with Gasteiger partial charge in [-0.3, -0.25) is 0 Å². The van der Waals surface area contributed by atoms with Crippen LogP contribution in [0.25, 0.3) is 0 Å². The van der Waals surface area contributed by atoms with Crippen LogP contribution in [0.5, 0.6) is 0 Å². The molecule has 0 amide bonds. The average Bonchev–Trinajstić information content (AvgIpc) is 2.17. The summed E-state index contributed by atoms with van der Waals surface area (Å²) in [6.45, 7) is 3.76. The van der Waals surface area contributed by atoms with Crippen LogP contribution in [0.2, 0.25) is 0 Å². The molecule has 0 saturated carbocycles. The molecule has 82 valence electrons. The summed E-state index contributed by atoms with van der Waals surface area (Å²) in [7, 11) is 0. The number of hydrogen-bond acceptors (Lipinski definition) is 4. The summed E-state index contributed by atoms with van der Waals surface area (Å²) in [5.41, 5.74) is 1.45. The van der Waals surface area contributed by atoms with Crippen molar-refractivity contribution in [2.24, 2.45) is 0 Å². The van der Waals surface area contributed by atoms with E-state index in [-0.39, 0.29) is 11.5 Å². The van der Waals surface area contributed by atoms with Gasteiger partial charge in [0.2, 0.25) is 0 Å². The van der Waals surface area contributed by atoms with Crippen LogP contribution >= 0.6 is 0 Å². The molecule has 15 heavy (non-hydrogen) atoms. The highest BCUT2D eigenvalue weighted by molar-refractivity contribution is 5.93. The molecule has 0 aromatic carbocycles. The zero-order chi connectivity index (χ0) is 11.4. The maximum absolute atomic E-state index is 11.4. The first kappa shape index (κ1) is 11.5. The van der Waals surface area contributed by atoms with Crippen molar-refractivity contribution >= 4 is 11.9 Å². The van der Waals surface area contributed by atoms with Gasteiger partial charge in [0, 0.05) is 5.57 Å². The van der Waals surface area contributed by atoms with E-state index in [0.29, 0.717) is 30.6 Å². The van der Waals surface area contributed by atoms with Gasteiger partial charge in [0.05, 0.1) is 12.6 Å². The summed E-state index contributed by atoms with van der Waals surface area (Å²) >= 11 is 0. The molecule has 1 aliphatic rings. The van der Waals surface area contributed by atoms with Crippen molar-refractivity contribution in [3.63, 3.8) is 0 Å². The van der Waals surface area contributed by atoms with Gasteiger partial charge in [0.25, 0.3) is 0 Å². The van der Waals surface area contributed by atoms with Gasteiger partial charge in [-0.05, 0) is 37.8 Å². The molecule has 0 unspecified atom stereocenters. The first-order chi connectivity index (χ1) is 7.06. The Morgan fingerprint density at radius 1 is 1.47 bits per heavy atom. The number of hydrogen-bond donors (Lipinski definition) is 0. The van der Waals surface area contributed by atoms with Gasteiger partial charge in [-0.1, -0.05) is 6.08 Å². The van der Waals surface area contributed by atoms with Crippen LogP contribution in [0.4, 0.5) is 0 Å². The minimum atomic E-state index is -1.17. The van der Waals surface area contributed by atoms with Gasteiger partial charge in [-0.15, -0.1) is 0 Å². The third kappa shape index (κ3) is 2.68. The van der Waals surface area contributed by atoms with Gasteiger partial charge in [-0.2, -0.15) is 0 Å². The summed E-state index contributed by atoms with van der Waals surface area (Å²) < 4.78 is 4.86. The zero-order valence-electron chi connectivity index (χ0n) is 8.83. The van der Waals surface area contributed by atoms with E-state index in [4.69, 9.17) is 4.74 Å². The molecule has 0 atom stereocenters. The fraction of sp³-hybridized carbons (Fsp3) is 0.455. The maximum atomic E-state index is 11.4. The Bertz CT molecular complexity index is 350. The van der Waals surface area contributed by atoms with Crippen LogP contribution < -0.4 is 5.11 Å². The monoisotopic (exact) mass is 209 g/mol. The molecular formula is C11H13O4-. The SMILES string of the molecule is CCOC(=O)C1=C(C)C=C(C(=O)[O-])CC1. The van der Waals surface area contributed by atoms with E-state index >= 15 is 0 Å². The second-order valence-electron chi connectivity index (χ2n) is 3.34. The van der Waals surface area contributed by atoms with Crippen LogP contribution in [0.3, 0.4) is 0 Å². The summed E-state index contributed by atoms with van der Waals surface area (Å²) in [5.74, 6) is -1.53. The van der Waals surface area contributed by atoms with Crippen molar-refractivity contribution in [1.29, 1.82) is 0 Å². The lowest BCUT2D eigenvalue weighted by atomic mass is 9.93. The highest BCUT2D eigenvalue weighted by Crippen LogP contribution is 2.24. The molecule has 0 bridgehead atoms. The molecule has 0 N–H and O–H groups in total. The smallest absolute Gasteiger partial charge is 0.334 e. The zero-order valence-corrected chi connectivity index (χ0v) is 8.83. The van der Waals surface area contributed by atoms with Gasteiger partial charge in [0.1, 0.15) is 0 Å². The Hall–Kier alpha value is -1.58. The van der Waals surface area contributed by atoms with Crippen molar-refractivity contribution in [2.75, 3.05) is 6.61 Å². The first-order valence-electron chi connectivity index (χ1n) is 4.85. The highest BCUT2D eigenvalue weighted by Gasteiger charge is 2.18. The van der Waals surface area contributed by atoms with Crippen molar-refractivity contribution in [3.8, 4) is 0 Å². The van der Waals surface area contributed by atoms with Crippen molar-refractivity contribution in [3.05, 3.63) is 22.8 Å². The Morgan fingerprint density at radius 3 is 2.60 bits per heavy atom. The molecule has 0 heterocycles. The lowest BCUT2D eigenvalue weighted by Gasteiger charge is -2.17.